The maximum atomic E-state index is 10.8. The highest BCUT2D eigenvalue weighted by Gasteiger charge is 2.60. The molecule has 0 aliphatic carbocycles. The summed E-state index contributed by atoms with van der Waals surface area (Å²) < 4.78 is 30.3. The van der Waals surface area contributed by atoms with E-state index in [-0.39, 0.29) is 6.42 Å². The third-order valence-electron chi connectivity index (χ3n) is 2.59. The number of hydrogen-bond donors (Lipinski definition) is 5. The minimum atomic E-state index is -3.34. The van der Waals surface area contributed by atoms with Crippen molar-refractivity contribution in [2.24, 2.45) is 5.41 Å². The number of carboxylic acid groups (broad SMARTS) is 1. The molecular weight excluding hydrogens is 328 g/mol. The van der Waals surface area contributed by atoms with E-state index < -0.39 is 39.5 Å². The lowest BCUT2D eigenvalue weighted by atomic mass is 9.78. The molecule has 10 nitrogen and oxygen atoms in total. The Morgan fingerprint density at radius 1 is 1.10 bits per heavy atom. The Kier molecular flexibility index (Phi) is 6.78. The Hall–Kier alpha value is -0.730. The summed E-state index contributed by atoms with van der Waals surface area (Å²) in [5.74, 6) is -2.87. The van der Waals surface area contributed by atoms with Crippen LogP contribution in [0, 0.1) is 5.41 Å². The van der Waals surface area contributed by atoms with Gasteiger partial charge in [-0.25, -0.2) is 4.79 Å². The summed E-state index contributed by atoms with van der Waals surface area (Å²) >= 11 is 0. The zero-order valence-electron chi connectivity index (χ0n) is 11.9. The van der Waals surface area contributed by atoms with E-state index in [4.69, 9.17) is 14.9 Å². The quantitative estimate of drug-likeness (QED) is 0.323. The Balaban J connectivity index is 5.39. The standard InChI is InChI=1S/C9H17NO9P2/c1-7(2,5-8(3,4)10-6(11)12)9(13,18-20(14)15)19-21(16)17/h10,13H,5H2,1-4H3,(H-2,11,12,14,15,16,17)/p+2. The van der Waals surface area contributed by atoms with Crippen LogP contribution < -0.4 is 5.32 Å². The molecule has 0 aromatic carbocycles. The van der Waals surface area contributed by atoms with Crippen molar-refractivity contribution in [1.82, 2.24) is 5.32 Å². The molecule has 12 heteroatoms. The van der Waals surface area contributed by atoms with Gasteiger partial charge in [-0.15, -0.1) is 9.79 Å². The first-order chi connectivity index (χ1) is 9.21. The number of nitrogens with one attached hydrogen (secondary N) is 1. The van der Waals surface area contributed by atoms with Crippen molar-refractivity contribution in [3.8, 4) is 0 Å². The Morgan fingerprint density at radius 3 is 1.76 bits per heavy atom. The van der Waals surface area contributed by atoms with Crippen molar-refractivity contribution in [2.45, 2.75) is 45.6 Å². The van der Waals surface area contributed by atoms with Crippen LogP contribution in [0.4, 0.5) is 4.79 Å². The summed E-state index contributed by atoms with van der Waals surface area (Å²) in [6.07, 6.45) is -1.46. The van der Waals surface area contributed by atoms with Crippen LogP contribution in [-0.2, 0) is 18.2 Å². The molecule has 0 rings (SSSR count). The summed E-state index contributed by atoms with van der Waals surface area (Å²) in [6, 6.07) is 0. The third kappa shape index (κ3) is 6.71. The first-order valence-electron chi connectivity index (χ1n) is 5.65. The molecule has 5 N–H and O–H groups in total. The number of carbonyl (C=O) groups is 1. The van der Waals surface area contributed by atoms with Crippen LogP contribution in [0.5, 0.6) is 0 Å². The average molecular weight is 347 g/mol. The van der Waals surface area contributed by atoms with Gasteiger partial charge in [-0.1, -0.05) is 13.8 Å². The van der Waals surface area contributed by atoms with Gasteiger partial charge in [0.25, 0.3) is 0 Å². The Bertz CT molecular complexity index is 421. The zero-order valence-corrected chi connectivity index (χ0v) is 13.7. The summed E-state index contributed by atoms with van der Waals surface area (Å²) in [6.45, 7) is 5.61. The minimum absolute atomic E-state index is 0.144. The summed E-state index contributed by atoms with van der Waals surface area (Å²) in [7, 11) is -6.69. The fraction of sp³-hybridized carbons (Fsp3) is 0.889. The lowest BCUT2D eigenvalue weighted by molar-refractivity contribution is -0.336. The molecule has 0 heterocycles. The van der Waals surface area contributed by atoms with Gasteiger partial charge < -0.3 is 15.5 Å². The molecule has 2 unspecified atom stereocenters. The van der Waals surface area contributed by atoms with Crippen LogP contribution in [-0.4, -0.2) is 37.6 Å². The maximum absolute atomic E-state index is 10.8. The summed E-state index contributed by atoms with van der Waals surface area (Å²) in [5.41, 5.74) is -2.60. The second kappa shape index (κ2) is 7.02. The molecule has 2 atom stereocenters. The topological polar surface area (TPSA) is 163 Å². The highest BCUT2D eigenvalue weighted by Crippen LogP contribution is 2.47. The minimum Gasteiger partial charge on any atom is -0.465 e. The van der Waals surface area contributed by atoms with E-state index in [2.05, 4.69) is 14.4 Å². The van der Waals surface area contributed by atoms with Gasteiger partial charge in [-0.2, -0.15) is 0 Å². The molecule has 122 valence electrons. The number of aliphatic hydroxyl groups is 1. The number of rotatable bonds is 8. The van der Waals surface area contributed by atoms with E-state index in [0.29, 0.717) is 0 Å². The monoisotopic (exact) mass is 347 g/mol. The van der Waals surface area contributed by atoms with Crippen LogP contribution >= 0.6 is 16.5 Å². The maximum Gasteiger partial charge on any atom is 0.700 e. The van der Waals surface area contributed by atoms with Gasteiger partial charge in [0.2, 0.25) is 0 Å². The van der Waals surface area contributed by atoms with Crippen LogP contribution in [0.15, 0.2) is 0 Å². The molecule has 0 aliphatic heterocycles. The predicted octanol–water partition coefficient (Wildman–Crippen LogP) is 1.43. The fourth-order valence-corrected chi connectivity index (χ4v) is 3.08. The molecule has 0 saturated heterocycles. The van der Waals surface area contributed by atoms with Crippen molar-refractivity contribution in [3.05, 3.63) is 0 Å². The van der Waals surface area contributed by atoms with E-state index in [1.165, 1.54) is 27.7 Å². The molecular formula is C9H19NO9P2+2. The van der Waals surface area contributed by atoms with Gasteiger partial charge in [0.1, 0.15) is 0 Å². The largest absolute Gasteiger partial charge is 0.700 e. The molecule has 0 spiro atoms. The van der Waals surface area contributed by atoms with Crippen molar-refractivity contribution >= 4 is 22.6 Å². The van der Waals surface area contributed by atoms with Crippen LogP contribution in [0.1, 0.15) is 34.1 Å². The van der Waals surface area contributed by atoms with E-state index in [1.807, 2.05) is 0 Å². The van der Waals surface area contributed by atoms with Gasteiger partial charge in [-0.05, 0) is 29.3 Å². The van der Waals surface area contributed by atoms with E-state index in [1.54, 1.807) is 0 Å². The summed E-state index contributed by atoms with van der Waals surface area (Å²) in [4.78, 5) is 28.2. The van der Waals surface area contributed by atoms with Crippen molar-refractivity contribution < 1.29 is 43.0 Å². The molecule has 0 fully saturated rings. The highest BCUT2D eigenvalue weighted by atomic mass is 31.1. The number of amides is 1. The third-order valence-corrected chi connectivity index (χ3v) is 3.40. The van der Waals surface area contributed by atoms with Crippen LogP contribution in [0.25, 0.3) is 0 Å². The van der Waals surface area contributed by atoms with Gasteiger partial charge in [0.15, 0.2) is 0 Å². The smallest absolute Gasteiger partial charge is 0.465 e. The van der Waals surface area contributed by atoms with Crippen LogP contribution in [0.2, 0.25) is 0 Å². The Morgan fingerprint density at radius 2 is 1.48 bits per heavy atom. The van der Waals surface area contributed by atoms with E-state index in [0.717, 1.165) is 0 Å². The lowest BCUT2D eigenvalue weighted by Gasteiger charge is -2.38. The molecule has 0 aromatic heterocycles. The second-order valence-corrected chi connectivity index (χ2v) is 6.93. The molecule has 1 amide bonds. The van der Waals surface area contributed by atoms with Gasteiger partial charge >= 0.3 is 28.6 Å². The molecule has 0 aliphatic rings. The lowest BCUT2D eigenvalue weighted by Crippen LogP contribution is -2.54. The van der Waals surface area contributed by atoms with Crippen LogP contribution in [0.3, 0.4) is 0 Å². The average Bonchev–Trinajstić information content (AvgIpc) is 2.08. The summed E-state index contributed by atoms with van der Waals surface area (Å²) in [5, 5.41) is 21.1. The zero-order chi connectivity index (χ0) is 17.1. The molecule has 0 bridgehead atoms. The fourth-order valence-electron chi connectivity index (χ4n) is 2.03. The second-order valence-electron chi connectivity index (χ2n) is 5.61. The molecule has 0 saturated carbocycles. The van der Waals surface area contributed by atoms with Crippen molar-refractivity contribution in [2.75, 3.05) is 0 Å². The first kappa shape index (κ1) is 20.3. The predicted molar refractivity (Wildman–Crippen MR) is 70.4 cm³/mol. The van der Waals surface area contributed by atoms with Gasteiger partial charge in [0.05, 0.1) is 5.41 Å². The Labute approximate surface area is 123 Å². The van der Waals surface area contributed by atoms with Crippen molar-refractivity contribution in [3.63, 3.8) is 0 Å². The van der Waals surface area contributed by atoms with Gasteiger partial charge in [0, 0.05) is 14.7 Å². The number of hydrogen-bond acceptors (Lipinski definition) is 6. The highest BCUT2D eigenvalue weighted by molar-refractivity contribution is 7.33. The first-order valence-corrected chi connectivity index (χ1v) is 7.91. The molecule has 0 radical (unpaired) electrons. The van der Waals surface area contributed by atoms with E-state index in [9.17, 15) is 19.0 Å². The molecule has 21 heavy (non-hydrogen) atoms. The normalized spacial score (nSPS) is 16.9. The SMILES string of the molecule is CC(C)(CC(C)(C)C(O)(O[P+](=O)O)O[P+](=O)O)NC(=O)O. The van der Waals surface area contributed by atoms with E-state index >= 15 is 0 Å². The van der Waals surface area contributed by atoms with Gasteiger partial charge in [-0.3, -0.25) is 0 Å². The van der Waals surface area contributed by atoms with Crippen molar-refractivity contribution in [1.29, 1.82) is 0 Å². The molecule has 0 aromatic rings.